The minimum absolute atomic E-state index is 0.0115. The van der Waals surface area contributed by atoms with Crippen LogP contribution in [0.2, 0.25) is 0 Å². The number of hydrogen-bond acceptors (Lipinski definition) is 3. The van der Waals surface area contributed by atoms with E-state index in [0.717, 1.165) is 17.5 Å². The van der Waals surface area contributed by atoms with Gasteiger partial charge in [0.15, 0.2) is 0 Å². The molecule has 1 aromatic heterocycles. The lowest BCUT2D eigenvalue weighted by molar-refractivity contribution is -0.130. The largest absolute Gasteiger partial charge is 0.336 e. The highest BCUT2D eigenvalue weighted by Gasteiger charge is 2.21. The van der Waals surface area contributed by atoms with Gasteiger partial charge in [-0.15, -0.1) is 11.3 Å². The molecule has 2 aromatic carbocycles. The Hall–Kier alpha value is -3.12. The summed E-state index contributed by atoms with van der Waals surface area (Å²) in [4.78, 5) is 27.7. The first-order valence-electron chi connectivity index (χ1n) is 10.1. The number of thiophene rings is 1. The van der Waals surface area contributed by atoms with Crippen molar-refractivity contribution >= 4 is 23.3 Å². The number of hydrogen-bond donors (Lipinski definition) is 2. The van der Waals surface area contributed by atoms with Crippen molar-refractivity contribution in [2.75, 3.05) is 13.1 Å². The first-order chi connectivity index (χ1) is 14.6. The van der Waals surface area contributed by atoms with Crippen LogP contribution in [0.25, 0.3) is 11.1 Å². The molecule has 3 amide bonds. The van der Waals surface area contributed by atoms with Crippen LogP contribution in [0.5, 0.6) is 0 Å². The van der Waals surface area contributed by atoms with Crippen molar-refractivity contribution in [3.63, 3.8) is 0 Å². The smallest absolute Gasteiger partial charge is 0.315 e. The second-order valence-corrected chi connectivity index (χ2v) is 8.54. The van der Waals surface area contributed by atoms with Gasteiger partial charge in [-0.05, 0) is 47.0 Å². The fourth-order valence-corrected chi connectivity index (χ4v) is 4.50. The van der Waals surface area contributed by atoms with E-state index in [9.17, 15) is 9.59 Å². The minimum Gasteiger partial charge on any atom is -0.336 e. The van der Waals surface area contributed by atoms with Gasteiger partial charge < -0.3 is 15.5 Å². The number of urea groups is 1. The van der Waals surface area contributed by atoms with Gasteiger partial charge in [-0.3, -0.25) is 4.79 Å². The molecule has 5 nitrogen and oxygen atoms in total. The van der Waals surface area contributed by atoms with Crippen LogP contribution in [0, 0.1) is 6.92 Å². The Balaban J connectivity index is 1.22. The molecule has 1 aliphatic rings. The average molecular weight is 420 g/mol. The summed E-state index contributed by atoms with van der Waals surface area (Å²) in [6.45, 7) is 3.85. The number of carbonyl (C=O) groups excluding carboxylic acids is 2. The Kier molecular flexibility index (Phi) is 6.14. The molecule has 0 spiro atoms. The lowest BCUT2D eigenvalue weighted by Gasteiger charge is -2.27. The Morgan fingerprint density at radius 3 is 2.67 bits per heavy atom. The predicted octanol–water partition coefficient (Wildman–Crippen LogP) is 4.11. The van der Waals surface area contributed by atoms with Gasteiger partial charge >= 0.3 is 6.03 Å². The van der Waals surface area contributed by atoms with Gasteiger partial charge in [-0.25, -0.2) is 4.79 Å². The summed E-state index contributed by atoms with van der Waals surface area (Å²) in [5.74, 6) is -0.0514. The number of carbonyl (C=O) groups is 2. The normalized spacial score (nSPS) is 12.9. The fraction of sp³-hybridized carbons (Fsp3) is 0.250. The molecular weight excluding hydrogens is 394 g/mol. The van der Waals surface area contributed by atoms with E-state index < -0.39 is 0 Å². The molecular formula is C24H25N3O2S. The van der Waals surface area contributed by atoms with Gasteiger partial charge in [-0.2, -0.15) is 0 Å². The molecule has 4 rings (SSSR count). The third kappa shape index (κ3) is 4.89. The van der Waals surface area contributed by atoms with Crippen LogP contribution in [0.15, 0.2) is 60.0 Å². The van der Waals surface area contributed by atoms with Crippen LogP contribution >= 0.6 is 11.3 Å². The maximum Gasteiger partial charge on any atom is 0.315 e. The lowest BCUT2D eigenvalue weighted by atomic mass is 10.0. The van der Waals surface area contributed by atoms with Crippen LogP contribution in [0.4, 0.5) is 4.79 Å². The molecule has 0 unspecified atom stereocenters. The van der Waals surface area contributed by atoms with E-state index in [1.54, 1.807) is 16.2 Å². The summed E-state index contributed by atoms with van der Waals surface area (Å²) >= 11 is 1.74. The Morgan fingerprint density at radius 1 is 1.03 bits per heavy atom. The van der Waals surface area contributed by atoms with E-state index in [4.69, 9.17) is 0 Å². The maximum absolute atomic E-state index is 12.4. The van der Waals surface area contributed by atoms with Gasteiger partial charge in [-0.1, -0.05) is 54.1 Å². The lowest BCUT2D eigenvalue weighted by Crippen LogP contribution is -2.44. The topological polar surface area (TPSA) is 61.4 Å². The monoisotopic (exact) mass is 419 g/mol. The first-order valence-corrected chi connectivity index (χ1v) is 11.0. The molecule has 0 saturated heterocycles. The molecule has 154 valence electrons. The Labute approximate surface area is 180 Å². The number of benzene rings is 2. The predicted molar refractivity (Wildman–Crippen MR) is 120 cm³/mol. The van der Waals surface area contributed by atoms with E-state index >= 15 is 0 Å². The van der Waals surface area contributed by atoms with E-state index in [-0.39, 0.29) is 18.5 Å². The molecule has 30 heavy (non-hydrogen) atoms. The number of aryl methyl sites for hydroxylation is 1. The van der Waals surface area contributed by atoms with E-state index in [1.165, 1.54) is 21.6 Å². The highest BCUT2D eigenvalue weighted by Crippen LogP contribution is 2.24. The van der Waals surface area contributed by atoms with E-state index in [2.05, 4.69) is 65.4 Å². The van der Waals surface area contributed by atoms with Crippen molar-refractivity contribution in [1.82, 2.24) is 15.5 Å². The van der Waals surface area contributed by atoms with Crippen molar-refractivity contribution in [2.45, 2.75) is 26.4 Å². The summed E-state index contributed by atoms with van der Waals surface area (Å²) in [7, 11) is 0. The zero-order chi connectivity index (χ0) is 20.9. The quantitative estimate of drug-likeness (QED) is 0.654. The molecule has 0 aliphatic carbocycles. The molecule has 3 aromatic rings. The number of fused-ring (bicyclic) bond motifs is 1. The van der Waals surface area contributed by atoms with Crippen LogP contribution < -0.4 is 10.6 Å². The summed E-state index contributed by atoms with van der Waals surface area (Å²) < 4.78 is 0. The fourth-order valence-electron chi connectivity index (χ4n) is 3.61. The van der Waals surface area contributed by atoms with Crippen LogP contribution in [0.3, 0.4) is 0 Å². The highest BCUT2D eigenvalue weighted by atomic mass is 32.1. The highest BCUT2D eigenvalue weighted by molar-refractivity contribution is 7.10. The van der Waals surface area contributed by atoms with Gasteiger partial charge in [0.25, 0.3) is 0 Å². The van der Waals surface area contributed by atoms with Gasteiger partial charge in [0.05, 0.1) is 6.54 Å². The molecule has 2 heterocycles. The molecule has 1 aliphatic heterocycles. The third-order valence-electron chi connectivity index (χ3n) is 5.32. The summed E-state index contributed by atoms with van der Waals surface area (Å²) in [6.07, 6.45) is 0.892. The summed E-state index contributed by atoms with van der Waals surface area (Å²) in [6, 6.07) is 18.2. The molecule has 6 heteroatoms. The van der Waals surface area contributed by atoms with Gasteiger partial charge in [0.2, 0.25) is 5.91 Å². The van der Waals surface area contributed by atoms with Crippen molar-refractivity contribution in [1.29, 1.82) is 0 Å². The number of rotatable bonds is 5. The zero-order valence-corrected chi connectivity index (χ0v) is 17.8. The number of amides is 3. The molecule has 0 atom stereocenters. The SMILES string of the molecule is Cc1cccc(-c2ccc(CNC(=O)NCC(=O)N3CCc4sccc4C3)cc2)c1. The van der Waals surface area contributed by atoms with Crippen LogP contribution in [-0.2, 0) is 24.3 Å². The maximum atomic E-state index is 12.4. The first kappa shape index (κ1) is 20.2. The molecule has 2 N–H and O–H groups in total. The molecule has 0 radical (unpaired) electrons. The average Bonchev–Trinajstić information content (AvgIpc) is 3.24. The van der Waals surface area contributed by atoms with Crippen LogP contribution in [0.1, 0.15) is 21.6 Å². The van der Waals surface area contributed by atoms with Gasteiger partial charge in [0, 0.05) is 24.5 Å². The summed E-state index contributed by atoms with van der Waals surface area (Å²) in [5.41, 5.74) is 5.78. The minimum atomic E-state index is -0.334. The third-order valence-corrected chi connectivity index (χ3v) is 6.34. The van der Waals surface area contributed by atoms with Crippen molar-refractivity contribution in [3.8, 4) is 11.1 Å². The summed E-state index contributed by atoms with van der Waals surface area (Å²) in [5, 5.41) is 7.56. The van der Waals surface area contributed by atoms with E-state index in [1.807, 2.05) is 12.1 Å². The van der Waals surface area contributed by atoms with Crippen molar-refractivity contribution < 1.29 is 9.59 Å². The number of nitrogens with one attached hydrogen (secondary N) is 2. The molecule has 0 saturated carbocycles. The Morgan fingerprint density at radius 2 is 1.87 bits per heavy atom. The van der Waals surface area contributed by atoms with Gasteiger partial charge in [0.1, 0.15) is 0 Å². The van der Waals surface area contributed by atoms with Crippen molar-refractivity contribution in [3.05, 3.63) is 81.5 Å². The van der Waals surface area contributed by atoms with E-state index in [0.29, 0.717) is 19.6 Å². The molecule has 0 bridgehead atoms. The van der Waals surface area contributed by atoms with Crippen molar-refractivity contribution in [2.24, 2.45) is 0 Å². The standard InChI is InChI=1S/C24H25N3O2S/c1-17-3-2-4-20(13-17)19-7-5-18(6-8-19)14-25-24(29)26-15-23(28)27-11-9-22-21(16-27)10-12-30-22/h2-8,10,12-13H,9,11,14-16H2,1H3,(H2,25,26,29). The number of nitrogens with zero attached hydrogens (tertiary/aromatic N) is 1. The van der Waals surface area contributed by atoms with Crippen LogP contribution in [-0.4, -0.2) is 29.9 Å². The molecule has 0 fully saturated rings. The second-order valence-electron chi connectivity index (χ2n) is 7.54. The Bertz CT molecular complexity index is 1040. The zero-order valence-electron chi connectivity index (χ0n) is 17.0. The second kappa shape index (κ2) is 9.13.